The van der Waals surface area contributed by atoms with Crippen molar-refractivity contribution in [2.24, 2.45) is 5.73 Å². The van der Waals surface area contributed by atoms with Gasteiger partial charge in [-0.2, -0.15) is 0 Å². The molecular formula is C24H23N3O5. The lowest BCUT2D eigenvalue weighted by molar-refractivity contribution is 0.100. The van der Waals surface area contributed by atoms with Crippen molar-refractivity contribution in [1.29, 1.82) is 0 Å². The van der Waals surface area contributed by atoms with Crippen LogP contribution in [0, 0.1) is 0 Å². The van der Waals surface area contributed by atoms with Gasteiger partial charge in [0.25, 0.3) is 0 Å². The van der Waals surface area contributed by atoms with Gasteiger partial charge in [0.15, 0.2) is 11.5 Å². The second-order valence-electron chi connectivity index (χ2n) is 7.08. The molecule has 4 rings (SSSR count). The van der Waals surface area contributed by atoms with Gasteiger partial charge < -0.3 is 24.7 Å². The number of fused-ring (bicyclic) bond motifs is 2. The van der Waals surface area contributed by atoms with Crippen molar-refractivity contribution in [1.82, 2.24) is 9.97 Å². The summed E-state index contributed by atoms with van der Waals surface area (Å²) in [6, 6.07) is 10.7. The monoisotopic (exact) mass is 433 g/mol. The number of hydrogen-bond donors (Lipinski definition) is 1. The summed E-state index contributed by atoms with van der Waals surface area (Å²) in [6.07, 6.45) is 3.87. The Hall–Kier alpha value is -3.91. The Morgan fingerprint density at radius 1 is 0.906 bits per heavy atom. The van der Waals surface area contributed by atoms with Gasteiger partial charge in [-0.05, 0) is 36.2 Å². The molecule has 164 valence electrons. The molecule has 0 spiro atoms. The number of aromatic nitrogens is 2. The predicted octanol–water partition coefficient (Wildman–Crippen LogP) is 3.88. The smallest absolute Gasteiger partial charge is 0.249 e. The normalized spacial score (nSPS) is 11.0. The van der Waals surface area contributed by atoms with E-state index in [1.807, 2.05) is 6.07 Å². The molecule has 0 aliphatic carbocycles. The topological polar surface area (TPSA) is 106 Å². The lowest BCUT2D eigenvalue weighted by Gasteiger charge is -2.13. The van der Waals surface area contributed by atoms with E-state index in [0.717, 1.165) is 10.9 Å². The van der Waals surface area contributed by atoms with Gasteiger partial charge in [0, 0.05) is 42.4 Å². The summed E-state index contributed by atoms with van der Waals surface area (Å²) in [6.45, 7) is 0.470. The number of hydrogen-bond acceptors (Lipinski definition) is 7. The summed E-state index contributed by atoms with van der Waals surface area (Å²) < 4.78 is 22.0. The van der Waals surface area contributed by atoms with E-state index in [0.29, 0.717) is 58.0 Å². The Morgan fingerprint density at radius 3 is 2.38 bits per heavy atom. The van der Waals surface area contributed by atoms with Crippen LogP contribution >= 0.6 is 0 Å². The highest BCUT2D eigenvalue weighted by molar-refractivity contribution is 6.06. The third-order valence-electron chi connectivity index (χ3n) is 5.18. The molecule has 0 fully saturated rings. The molecule has 8 nitrogen and oxygen atoms in total. The minimum Gasteiger partial charge on any atom is -0.493 e. The molecule has 2 aromatic carbocycles. The number of nitrogens with two attached hydrogens (primary N) is 1. The second kappa shape index (κ2) is 9.07. The molecule has 0 radical (unpaired) electrons. The largest absolute Gasteiger partial charge is 0.493 e. The van der Waals surface area contributed by atoms with Crippen molar-refractivity contribution in [3.8, 4) is 23.0 Å². The zero-order valence-electron chi connectivity index (χ0n) is 18.0. The summed E-state index contributed by atoms with van der Waals surface area (Å²) in [5.41, 5.74) is 8.17. The third kappa shape index (κ3) is 4.00. The van der Waals surface area contributed by atoms with Crippen molar-refractivity contribution in [3.63, 3.8) is 0 Å². The van der Waals surface area contributed by atoms with Gasteiger partial charge in [-0.1, -0.05) is 0 Å². The number of rotatable bonds is 8. The Bertz CT molecular complexity index is 1310. The van der Waals surface area contributed by atoms with Gasteiger partial charge in [0.05, 0.1) is 37.4 Å². The average Bonchev–Trinajstić information content (AvgIpc) is 2.81. The second-order valence-corrected chi connectivity index (χ2v) is 7.08. The van der Waals surface area contributed by atoms with Crippen molar-refractivity contribution in [2.45, 2.75) is 6.42 Å². The maximum Gasteiger partial charge on any atom is 0.249 e. The third-order valence-corrected chi connectivity index (χ3v) is 5.18. The maximum atomic E-state index is 12.1. The molecular weight excluding hydrogens is 410 g/mol. The van der Waals surface area contributed by atoms with Crippen LogP contribution in [0.2, 0.25) is 0 Å². The molecule has 8 heteroatoms. The molecule has 0 aliphatic heterocycles. The number of primary amides is 1. The van der Waals surface area contributed by atoms with Crippen molar-refractivity contribution >= 4 is 27.7 Å². The number of nitrogens with zero attached hydrogens (tertiary/aromatic N) is 2. The molecule has 2 heterocycles. The molecule has 0 atom stereocenters. The van der Waals surface area contributed by atoms with Gasteiger partial charge >= 0.3 is 0 Å². The first-order valence-corrected chi connectivity index (χ1v) is 9.94. The van der Waals surface area contributed by atoms with E-state index < -0.39 is 5.91 Å². The van der Waals surface area contributed by atoms with E-state index in [2.05, 4.69) is 9.97 Å². The zero-order valence-corrected chi connectivity index (χ0v) is 18.0. The van der Waals surface area contributed by atoms with Crippen LogP contribution in [0.3, 0.4) is 0 Å². The van der Waals surface area contributed by atoms with E-state index in [1.54, 1.807) is 64.1 Å². The fourth-order valence-corrected chi connectivity index (χ4v) is 3.63. The van der Waals surface area contributed by atoms with Crippen molar-refractivity contribution < 1.29 is 23.7 Å². The van der Waals surface area contributed by atoms with E-state index in [1.165, 1.54) is 0 Å². The lowest BCUT2D eigenvalue weighted by Crippen LogP contribution is -2.16. The first-order valence-electron chi connectivity index (χ1n) is 9.94. The number of ether oxygens (including phenoxy) is 4. The predicted molar refractivity (Wildman–Crippen MR) is 121 cm³/mol. The van der Waals surface area contributed by atoms with Crippen LogP contribution in [0.15, 0.2) is 48.8 Å². The van der Waals surface area contributed by atoms with Gasteiger partial charge in [-0.25, -0.2) is 0 Å². The number of methoxy groups -OCH3 is 3. The van der Waals surface area contributed by atoms with Crippen LogP contribution in [0.25, 0.3) is 21.8 Å². The fourth-order valence-electron chi connectivity index (χ4n) is 3.63. The highest BCUT2D eigenvalue weighted by atomic mass is 16.5. The van der Waals surface area contributed by atoms with E-state index in [4.69, 9.17) is 24.7 Å². The molecule has 0 saturated carbocycles. The Balaban J connectivity index is 1.75. The highest BCUT2D eigenvalue weighted by Gasteiger charge is 2.16. The standard InChI is InChI=1S/C24H23N3O5/c1-29-9-7-14-13-27-18-10-15(4-5-16(18)23(14)24(25)28)32-20-6-8-26-19-12-22(31-3)21(30-2)11-17(19)20/h4-6,8,10-13H,7,9H2,1-3H3,(H2,25,28). The van der Waals surface area contributed by atoms with Crippen LogP contribution in [0.1, 0.15) is 15.9 Å². The Kier molecular flexibility index (Phi) is 6.04. The molecule has 1 amide bonds. The van der Waals surface area contributed by atoms with E-state index >= 15 is 0 Å². The first kappa shape index (κ1) is 21.3. The van der Waals surface area contributed by atoms with Crippen molar-refractivity contribution in [3.05, 3.63) is 59.9 Å². The summed E-state index contributed by atoms with van der Waals surface area (Å²) in [5.74, 6) is 1.82. The molecule has 2 N–H and O–H groups in total. The van der Waals surface area contributed by atoms with Crippen LogP contribution < -0.4 is 19.9 Å². The summed E-state index contributed by atoms with van der Waals surface area (Å²) in [4.78, 5) is 21.0. The Morgan fingerprint density at radius 2 is 1.66 bits per heavy atom. The lowest BCUT2D eigenvalue weighted by atomic mass is 10.0. The number of carbonyl (C=O) groups excluding carboxylic acids is 1. The highest BCUT2D eigenvalue weighted by Crippen LogP contribution is 2.37. The number of pyridine rings is 2. The quantitative estimate of drug-likeness (QED) is 0.449. The summed E-state index contributed by atoms with van der Waals surface area (Å²) in [5, 5.41) is 1.44. The van der Waals surface area contributed by atoms with Crippen LogP contribution in [-0.4, -0.2) is 43.8 Å². The van der Waals surface area contributed by atoms with Crippen LogP contribution in [0.5, 0.6) is 23.0 Å². The molecule has 32 heavy (non-hydrogen) atoms. The van der Waals surface area contributed by atoms with E-state index in [-0.39, 0.29) is 0 Å². The molecule has 0 saturated heterocycles. The molecule has 4 aromatic rings. The van der Waals surface area contributed by atoms with Crippen LogP contribution in [0.4, 0.5) is 0 Å². The number of carbonyl (C=O) groups is 1. The van der Waals surface area contributed by atoms with Gasteiger partial charge in [0.1, 0.15) is 11.5 Å². The number of benzene rings is 2. The van der Waals surface area contributed by atoms with Gasteiger partial charge in [0.2, 0.25) is 5.91 Å². The van der Waals surface area contributed by atoms with Gasteiger partial charge in [-0.15, -0.1) is 0 Å². The van der Waals surface area contributed by atoms with Crippen LogP contribution in [-0.2, 0) is 11.2 Å². The average molecular weight is 433 g/mol. The summed E-state index contributed by atoms with van der Waals surface area (Å²) in [7, 11) is 4.76. The van der Waals surface area contributed by atoms with Gasteiger partial charge in [-0.3, -0.25) is 14.8 Å². The molecule has 0 aliphatic rings. The maximum absolute atomic E-state index is 12.1. The Labute approximate surface area is 184 Å². The SMILES string of the molecule is COCCc1cnc2cc(Oc3ccnc4cc(OC)c(OC)cc34)ccc2c1C(N)=O. The zero-order chi connectivity index (χ0) is 22.7. The minimum absolute atomic E-state index is 0.449. The molecule has 0 bridgehead atoms. The minimum atomic E-state index is -0.502. The molecule has 0 unspecified atom stereocenters. The number of amides is 1. The summed E-state index contributed by atoms with van der Waals surface area (Å²) >= 11 is 0. The first-order chi connectivity index (χ1) is 15.5. The molecule has 2 aromatic heterocycles. The van der Waals surface area contributed by atoms with Crippen molar-refractivity contribution in [2.75, 3.05) is 27.9 Å². The fraction of sp³-hybridized carbons (Fsp3) is 0.208. The van der Waals surface area contributed by atoms with E-state index in [9.17, 15) is 4.79 Å².